The Labute approximate surface area is 111 Å². The van der Waals surface area contributed by atoms with Crippen molar-refractivity contribution in [2.75, 3.05) is 13.1 Å². The van der Waals surface area contributed by atoms with Crippen molar-refractivity contribution in [2.24, 2.45) is 5.73 Å². The van der Waals surface area contributed by atoms with Crippen molar-refractivity contribution in [1.29, 1.82) is 0 Å². The van der Waals surface area contributed by atoms with E-state index in [2.05, 4.69) is 13.8 Å². The molecule has 0 heterocycles. The van der Waals surface area contributed by atoms with Crippen molar-refractivity contribution in [2.45, 2.75) is 65.2 Å². The molecule has 2 N–H and O–H groups in total. The number of nitrogens with two attached hydrogens (primary N) is 1. The maximum atomic E-state index is 12.0. The predicted molar refractivity (Wildman–Crippen MR) is 74.1 cm³/mol. The number of carbonyl (C=O) groups excluding carboxylic acids is 2. The number of carbonyl (C=O) groups is 2. The highest BCUT2D eigenvalue weighted by molar-refractivity contribution is 5.76. The number of nitrogens with zero attached hydrogens (tertiary/aromatic N) is 1. The molecule has 0 atom stereocenters. The fraction of sp³-hybridized carbons (Fsp3) is 0.857. The molecule has 0 aromatic carbocycles. The first kappa shape index (κ1) is 16.9. The fourth-order valence-electron chi connectivity index (χ4n) is 1.79. The number of primary amides is 1. The van der Waals surface area contributed by atoms with Gasteiger partial charge in [0.05, 0.1) is 0 Å². The van der Waals surface area contributed by atoms with Crippen molar-refractivity contribution in [3.8, 4) is 0 Å². The van der Waals surface area contributed by atoms with Gasteiger partial charge in [-0.05, 0) is 25.7 Å². The molecule has 0 aromatic rings. The zero-order chi connectivity index (χ0) is 13.8. The third-order valence-electron chi connectivity index (χ3n) is 2.98. The summed E-state index contributed by atoms with van der Waals surface area (Å²) in [6.45, 7) is 6.00. The molecule has 0 radical (unpaired) electrons. The van der Waals surface area contributed by atoms with Crippen LogP contribution in [0.2, 0.25) is 0 Å². The average molecular weight is 256 g/mol. The maximum absolute atomic E-state index is 12.0. The summed E-state index contributed by atoms with van der Waals surface area (Å²) in [6, 6.07) is 0. The number of hydrogen-bond donors (Lipinski definition) is 1. The smallest absolute Gasteiger partial charge is 0.222 e. The lowest BCUT2D eigenvalue weighted by Gasteiger charge is -2.22. The molecular weight excluding hydrogens is 228 g/mol. The Morgan fingerprint density at radius 3 is 1.83 bits per heavy atom. The van der Waals surface area contributed by atoms with Gasteiger partial charge in [0.1, 0.15) is 0 Å². The Balaban J connectivity index is 3.91. The molecule has 0 aliphatic rings. The number of unbranched alkanes of at least 4 members (excludes halogenated alkanes) is 3. The van der Waals surface area contributed by atoms with Crippen molar-refractivity contribution in [3.63, 3.8) is 0 Å². The maximum Gasteiger partial charge on any atom is 0.222 e. The summed E-state index contributed by atoms with van der Waals surface area (Å²) in [5, 5.41) is 0. The SMILES string of the molecule is CCCCN(CCCC)C(=O)CCCCC(N)=O. The van der Waals surface area contributed by atoms with Crippen LogP contribution in [0.1, 0.15) is 65.2 Å². The molecule has 2 amide bonds. The van der Waals surface area contributed by atoms with Gasteiger partial charge >= 0.3 is 0 Å². The van der Waals surface area contributed by atoms with Crippen LogP contribution >= 0.6 is 0 Å². The molecule has 0 rings (SSSR count). The predicted octanol–water partition coefficient (Wildman–Crippen LogP) is 2.46. The Morgan fingerprint density at radius 1 is 0.889 bits per heavy atom. The van der Waals surface area contributed by atoms with E-state index in [1.165, 1.54) is 0 Å². The Kier molecular flexibility index (Phi) is 10.4. The molecule has 4 heteroatoms. The molecule has 0 aromatic heterocycles. The standard InChI is InChI=1S/C14H28N2O2/c1-3-5-11-16(12-6-4-2)14(18)10-8-7-9-13(15)17/h3-12H2,1-2H3,(H2,15,17). The monoisotopic (exact) mass is 256 g/mol. The van der Waals surface area contributed by atoms with Gasteiger partial charge in [0.25, 0.3) is 0 Å². The summed E-state index contributed by atoms with van der Waals surface area (Å²) in [7, 11) is 0. The first-order valence-corrected chi connectivity index (χ1v) is 7.17. The first-order chi connectivity index (χ1) is 8.61. The van der Waals surface area contributed by atoms with E-state index in [-0.39, 0.29) is 11.8 Å². The summed E-state index contributed by atoms with van der Waals surface area (Å²) < 4.78 is 0. The molecule has 0 spiro atoms. The van der Waals surface area contributed by atoms with Crippen LogP contribution in [0.25, 0.3) is 0 Å². The van der Waals surface area contributed by atoms with Gasteiger partial charge in [-0.1, -0.05) is 26.7 Å². The van der Waals surface area contributed by atoms with Crippen molar-refractivity contribution in [1.82, 2.24) is 4.90 Å². The summed E-state index contributed by atoms with van der Waals surface area (Å²) >= 11 is 0. The first-order valence-electron chi connectivity index (χ1n) is 7.17. The largest absolute Gasteiger partial charge is 0.370 e. The normalized spacial score (nSPS) is 10.3. The lowest BCUT2D eigenvalue weighted by atomic mass is 10.1. The van der Waals surface area contributed by atoms with E-state index >= 15 is 0 Å². The molecule has 4 nitrogen and oxygen atoms in total. The quantitative estimate of drug-likeness (QED) is 0.577. The Bertz CT molecular complexity index is 234. The number of amides is 2. The van der Waals surface area contributed by atoms with Crippen molar-refractivity contribution < 1.29 is 9.59 Å². The molecule has 0 aliphatic heterocycles. The van der Waals surface area contributed by atoms with Crippen LogP contribution in [0.3, 0.4) is 0 Å². The lowest BCUT2D eigenvalue weighted by Crippen LogP contribution is -2.32. The number of rotatable bonds is 11. The van der Waals surface area contributed by atoms with Gasteiger partial charge in [0.2, 0.25) is 11.8 Å². The molecule has 0 fully saturated rings. The molecule has 0 saturated carbocycles. The van der Waals surface area contributed by atoms with E-state index < -0.39 is 0 Å². The minimum absolute atomic E-state index is 0.223. The minimum Gasteiger partial charge on any atom is -0.370 e. The minimum atomic E-state index is -0.281. The summed E-state index contributed by atoms with van der Waals surface area (Å²) in [5.74, 6) is -0.0577. The van der Waals surface area contributed by atoms with E-state index in [4.69, 9.17) is 5.73 Å². The summed E-state index contributed by atoms with van der Waals surface area (Å²) in [4.78, 5) is 24.6. The highest BCUT2D eigenvalue weighted by Crippen LogP contribution is 2.06. The zero-order valence-corrected chi connectivity index (χ0v) is 11.9. The summed E-state index contributed by atoms with van der Waals surface area (Å²) in [6.07, 6.45) is 6.76. The lowest BCUT2D eigenvalue weighted by molar-refractivity contribution is -0.131. The van der Waals surface area contributed by atoms with Gasteiger partial charge < -0.3 is 10.6 Å². The van der Waals surface area contributed by atoms with Gasteiger partial charge in [-0.25, -0.2) is 0 Å². The second kappa shape index (κ2) is 11.1. The Hall–Kier alpha value is -1.06. The van der Waals surface area contributed by atoms with Gasteiger partial charge in [0, 0.05) is 25.9 Å². The van der Waals surface area contributed by atoms with Gasteiger partial charge in [-0.3, -0.25) is 9.59 Å². The molecule has 0 saturated heterocycles. The van der Waals surface area contributed by atoms with E-state index in [9.17, 15) is 9.59 Å². The molecule has 0 aliphatic carbocycles. The molecular formula is C14H28N2O2. The van der Waals surface area contributed by atoms with Crippen molar-refractivity contribution >= 4 is 11.8 Å². The molecule has 0 unspecified atom stereocenters. The topological polar surface area (TPSA) is 63.4 Å². The average Bonchev–Trinajstić information content (AvgIpc) is 2.34. The fourth-order valence-corrected chi connectivity index (χ4v) is 1.79. The van der Waals surface area contributed by atoms with Crippen LogP contribution in [0.4, 0.5) is 0 Å². The summed E-state index contributed by atoms with van der Waals surface area (Å²) in [5.41, 5.74) is 5.07. The van der Waals surface area contributed by atoms with E-state index in [1.54, 1.807) is 0 Å². The second-order valence-electron chi connectivity index (χ2n) is 4.76. The van der Waals surface area contributed by atoms with Crippen LogP contribution in [-0.2, 0) is 9.59 Å². The van der Waals surface area contributed by atoms with E-state index in [0.717, 1.165) is 51.6 Å². The zero-order valence-electron chi connectivity index (χ0n) is 11.9. The van der Waals surface area contributed by atoms with Gasteiger partial charge in [0.15, 0.2) is 0 Å². The van der Waals surface area contributed by atoms with Crippen LogP contribution in [0, 0.1) is 0 Å². The molecule has 106 valence electrons. The van der Waals surface area contributed by atoms with Crippen molar-refractivity contribution in [3.05, 3.63) is 0 Å². The van der Waals surface area contributed by atoms with Gasteiger partial charge in [-0.2, -0.15) is 0 Å². The van der Waals surface area contributed by atoms with E-state index in [1.807, 2.05) is 4.90 Å². The Morgan fingerprint density at radius 2 is 1.39 bits per heavy atom. The second-order valence-corrected chi connectivity index (χ2v) is 4.76. The van der Waals surface area contributed by atoms with Crippen LogP contribution < -0.4 is 5.73 Å². The number of hydrogen-bond acceptors (Lipinski definition) is 2. The third kappa shape index (κ3) is 9.02. The van der Waals surface area contributed by atoms with Crippen LogP contribution in [0.15, 0.2) is 0 Å². The van der Waals surface area contributed by atoms with Crippen LogP contribution in [0.5, 0.6) is 0 Å². The van der Waals surface area contributed by atoms with Crippen LogP contribution in [-0.4, -0.2) is 29.8 Å². The highest BCUT2D eigenvalue weighted by Gasteiger charge is 2.11. The highest BCUT2D eigenvalue weighted by atomic mass is 16.2. The van der Waals surface area contributed by atoms with Gasteiger partial charge in [-0.15, -0.1) is 0 Å². The molecule has 0 bridgehead atoms. The third-order valence-corrected chi connectivity index (χ3v) is 2.98. The molecule has 18 heavy (non-hydrogen) atoms. The van der Waals surface area contributed by atoms with E-state index in [0.29, 0.717) is 12.8 Å².